The van der Waals surface area contributed by atoms with E-state index < -0.39 is 11.6 Å². The van der Waals surface area contributed by atoms with Gasteiger partial charge in [0.15, 0.2) is 0 Å². The number of anilines is 1. The van der Waals surface area contributed by atoms with Gasteiger partial charge in [0, 0.05) is 30.9 Å². The minimum Gasteiger partial charge on any atom is -0.495 e. The Bertz CT molecular complexity index is 953. The quantitative estimate of drug-likeness (QED) is 0.759. The normalized spacial score (nSPS) is 13.4. The van der Waals surface area contributed by atoms with Gasteiger partial charge in [0.1, 0.15) is 34.8 Å². The molecule has 0 amide bonds. The Labute approximate surface area is 156 Å². The third-order valence-corrected chi connectivity index (χ3v) is 4.29. The number of halogens is 2. The second-order valence-corrected chi connectivity index (χ2v) is 6.04. The molecule has 27 heavy (non-hydrogen) atoms. The van der Waals surface area contributed by atoms with Gasteiger partial charge in [0.25, 0.3) is 0 Å². The van der Waals surface area contributed by atoms with Crippen LogP contribution in [-0.2, 0) is 0 Å². The van der Waals surface area contributed by atoms with Crippen LogP contribution in [0.2, 0.25) is 0 Å². The maximum absolute atomic E-state index is 13.2. The van der Waals surface area contributed by atoms with Crippen molar-refractivity contribution in [3.63, 3.8) is 0 Å². The van der Waals surface area contributed by atoms with Crippen molar-refractivity contribution >= 4 is 5.82 Å². The van der Waals surface area contributed by atoms with Crippen LogP contribution in [0.4, 0.5) is 14.6 Å². The summed E-state index contributed by atoms with van der Waals surface area (Å²) in [6, 6.07) is 7.05. The van der Waals surface area contributed by atoms with Crippen LogP contribution >= 0.6 is 0 Å². The van der Waals surface area contributed by atoms with Crippen molar-refractivity contribution in [3.05, 3.63) is 64.9 Å². The van der Waals surface area contributed by atoms with Crippen LogP contribution in [0.1, 0.15) is 24.0 Å². The predicted octanol–water partition coefficient (Wildman–Crippen LogP) is 3.82. The van der Waals surface area contributed by atoms with Crippen LogP contribution in [0.5, 0.6) is 5.75 Å². The molecule has 0 spiro atoms. The van der Waals surface area contributed by atoms with E-state index in [2.05, 4.69) is 22.9 Å². The van der Waals surface area contributed by atoms with Gasteiger partial charge in [0.2, 0.25) is 0 Å². The molecule has 0 bridgehead atoms. The first-order valence-corrected chi connectivity index (χ1v) is 8.44. The molecule has 0 radical (unpaired) electrons. The molecule has 1 aromatic carbocycles. The van der Waals surface area contributed by atoms with E-state index in [9.17, 15) is 14.0 Å². The highest BCUT2D eigenvalue weighted by molar-refractivity contribution is 5.60. The Kier molecular flexibility index (Phi) is 5.68. The number of rotatable bonds is 2. The Hall–Kier alpha value is -3.38. The smallest absolute Gasteiger partial charge is 0.150 e. The highest BCUT2D eigenvalue weighted by atomic mass is 19.1. The first-order valence-electron chi connectivity index (χ1n) is 8.44. The number of nitrogens with zero attached hydrogens (tertiary/aromatic N) is 3. The molecule has 6 heteroatoms. The molecule has 4 nitrogen and oxygen atoms in total. The van der Waals surface area contributed by atoms with E-state index in [-0.39, 0.29) is 0 Å². The molecule has 3 rings (SSSR count). The molecule has 1 aliphatic rings. The van der Waals surface area contributed by atoms with E-state index in [4.69, 9.17) is 4.74 Å². The number of ether oxygens (including phenoxy) is 1. The van der Waals surface area contributed by atoms with Crippen LogP contribution in [0.25, 0.3) is 0 Å². The number of aromatic nitrogens is 1. The number of pyridine rings is 1. The number of hydrogen-bond acceptors (Lipinski definition) is 4. The van der Waals surface area contributed by atoms with E-state index in [1.165, 1.54) is 19.2 Å². The fraction of sp³-hybridized carbons (Fsp3) is 0.238. The van der Waals surface area contributed by atoms with E-state index in [0.29, 0.717) is 35.8 Å². The van der Waals surface area contributed by atoms with E-state index >= 15 is 0 Å². The van der Waals surface area contributed by atoms with Gasteiger partial charge in [-0.3, -0.25) is 0 Å². The predicted molar refractivity (Wildman–Crippen MR) is 98.3 cm³/mol. The zero-order chi connectivity index (χ0) is 19.2. The minimum absolute atomic E-state index is 0.307. The van der Waals surface area contributed by atoms with Gasteiger partial charge < -0.3 is 9.64 Å². The van der Waals surface area contributed by atoms with Crippen molar-refractivity contribution in [1.82, 2.24) is 4.98 Å². The van der Waals surface area contributed by atoms with Gasteiger partial charge in [-0.15, -0.1) is 0 Å². The fourth-order valence-corrected chi connectivity index (χ4v) is 2.95. The van der Waals surface area contributed by atoms with Gasteiger partial charge >= 0.3 is 0 Å². The van der Waals surface area contributed by atoms with Gasteiger partial charge in [-0.05, 0) is 37.1 Å². The average molecular weight is 365 g/mol. The van der Waals surface area contributed by atoms with Gasteiger partial charge in [-0.1, -0.05) is 17.4 Å². The van der Waals surface area contributed by atoms with Crippen molar-refractivity contribution in [3.8, 4) is 23.7 Å². The Balaban J connectivity index is 1.69. The summed E-state index contributed by atoms with van der Waals surface area (Å²) in [5.74, 6) is 5.48. The van der Waals surface area contributed by atoms with Gasteiger partial charge in [-0.2, -0.15) is 5.26 Å². The summed E-state index contributed by atoms with van der Waals surface area (Å²) in [4.78, 5) is 6.38. The molecule has 0 aliphatic carbocycles. The van der Waals surface area contributed by atoms with Crippen LogP contribution in [0.15, 0.2) is 42.1 Å². The molecule has 2 aromatic rings. The second kappa shape index (κ2) is 8.33. The number of hydrogen-bond donors (Lipinski definition) is 0. The molecule has 1 fully saturated rings. The fourth-order valence-electron chi connectivity index (χ4n) is 2.95. The summed E-state index contributed by atoms with van der Waals surface area (Å²) in [6.45, 7) is 1.41. The molecule has 136 valence electrons. The summed E-state index contributed by atoms with van der Waals surface area (Å²) < 4.78 is 31.6. The third-order valence-electron chi connectivity index (χ3n) is 4.29. The lowest BCUT2D eigenvalue weighted by Crippen LogP contribution is -2.32. The molecule has 0 unspecified atom stereocenters. The van der Waals surface area contributed by atoms with E-state index in [1.807, 2.05) is 4.90 Å². The third kappa shape index (κ3) is 4.43. The molecule has 0 N–H and O–H groups in total. The zero-order valence-corrected chi connectivity index (χ0v) is 14.8. The molecule has 1 aromatic heterocycles. The number of methoxy groups -OCH3 is 1. The average Bonchev–Trinajstić information content (AvgIpc) is 2.67. The first-order chi connectivity index (χ1) is 13.1. The molecular formula is C21H17F2N3O. The van der Waals surface area contributed by atoms with Crippen molar-refractivity contribution < 1.29 is 13.5 Å². The molecule has 2 heterocycles. The standard InChI is InChI=1S/C21H17F2N3O/c1-27-20-5-8-25-21(19(20)14-24)26-9-6-15(7-10-26)3-2-4-16-11-17(22)13-18(23)12-16/h3,5,8,11-13H,6-7,9-10H2,1H3. The van der Waals surface area contributed by atoms with Crippen molar-refractivity contribution in [2.75, 3.05) is 25.1 Å². The summed E-state index contributed by atoms with van der Waals surface area (Å²) in [5.41, 5.74) is 1.89. The van der Waals surface area contributed by atoms with Crippen molar-refractivity contribution in [2.45, 2.75) is 12.8 Å². The lowest BCUT2D eigenvalue weighted by molar-refractivity contribution is 0.412. The van der Waals surface area contributed by atoms with Crippen LogP contribution in [0.3, 0.4) is 0 Å². The molecule has 1 saturated heterocycles. The molecule has 1 aliphatic heterocycles. The Morgan fingerprint density at radius 2 is 1.89 bits per heavy atom. The summed E-state index contributed by atoms with van der Waals surface area (Å²) >= 11 is 0. The SMILES string of the molecule is COc1ccnc(N2CCC(=CC#Cc3cc(F)cc(F)c3)CC2)c1C#N. The lowest BCUT2D eigenvalue weighted by Gasteiger charge is -2.30. The van der Waals surface area contributed by atoms with E-state index in [1.54, 1.807) is 18.3 Å². The minimum atomic E-state index is -0.639. The van der Waals surface area contributed by atoms with Gasteiger partial charge in [-0.25, -0.2) is 13.8 Å². The maximum atomic E-state index is 13.2. The first kappa shape index (κ1) is 18.4. The second-order valence-electron chi connectivity index (χ2n) is 6.04. The van der Waals surface area contributed by atoms with Crippen molar-refractivity contribution in [1.29, 1.82) is 5.26 Å². The molecular weight excluding hydrogens is 348 g/mol. The van der Waals surface area contributed by atoms with Crippen LogP contribution in [-0.4, -0.2) is 25.2 Å². The largest absolute Gasteiger partial charge is 0.495 e. The highest BCUT2D eigenvalue weighted by Gasteiger charge is 2.20. The topological polar surface area (TPSA) is 49.1 Å². The summed E-state index contributed by atoms with van der Waals surface area (Å²) in [6.07, 6.45) is 4.97. The molecule has 0 atom stereocenters. The van der Waals surface area contributed by atoms with E-state index in [0.717, 1.165) is 24.5 Å². The number of nitriles is 1. The Morgan fingerprint density at radius 1 is 1.19 bits per heavy atom. The summed E-state index contributed by atoms with van der Waals surface area (Å²) in [7, 11) is 1.53. The monoisotopic (exact) mass is 365 g/mol. The number of piperidine rings is 1. The zero-order valence-electron chi connectivity index (χ0n) is 14.8. The Morgan fingerprint density at radius 3 is 2.52 bits per heavy atom. The maximum Gasteiger partial charge on any atom is 0.150 e. The van der Waals surface area contributed by atoms with Gasteiger partial charge in [0.05, 0.1) is 7.11 Å². The van der Waals surface area contributed by atoms with Crippen LogP contribution in [0, 0.1) is 34.8 Å². The lowest BCUT2D eigenvalue weighted by atomic mass is 10.0. The number of benzene rings is 1. The van der Waals surface area contributed by atoms with Crippen LogP contribution < -0.4 is 9.64 Å². The molecule has 0 saturated carbocycles. The number of allylic oxidation sites excluding steroid dienone is 1. The van der Waals surface area contributed by atoms with Crippen molar-refractivity contribution in [2.24, 2.45) is 0 Å². The summed E-state index contributed by atoms with van der Waals surface area (Å²) in [5, 5.41) is 9.40. The highest BCUT2D eigenvalue weighted by Crippen LogP contribution is 2.29.